The molecule has 0 aromatic carbocycles. The fourth-order valence-electron chi connectivity index (χ4n) is 3.84. The molecule has 0 spiro atoms. The Morgan fingerprint density at radius 3 is 2.96 bits per heavy atom. The lowest BCUT2D eigenvalue weighted by Gasteiger charge is -2.13. The van der Waals surface area contributed by atoms with Crippen molar-refractivity contribution in [3.05, 3.63) is 54.8 Å². The number of carbonyl (C=O) groups is 1. The Morgan fingerprint density at radius 2 is 2.19 bits per heavy atom. The average molecular weight is 373 g/mol. The van der Waals surface area contributed by atoms with Crippen molar-refractivity contribution >= 4 is 17.2 Å². The van der Waals surface area contributed by atoms with Gasteiger partial charge in [-0.05, 0) is 67.2 Å². The quantitative estimate of drug-likeness (QED) is 0.893. The Hall–Kier alpha value is -1.92. The van der Waals surface area contributed by atoms with Gasteiger partial charge in [-0.2, -0.15) is 0 Å². The van der Waals surface area contributed by atoms with Crippen LogP contribution in [0.5, 0.6) is 0 Å². The lowest BCUT2D eigenvalue weighted by Crippen LogP contribution is -2.29. The van der Waals surface area contributed by atoms with E-state index in [1.807, 2.05) is 6.07 Å². The van der Waals surface area contributed by atoms with E-state index < -0.39 is 5.63 Å². The number of ether oxygens (including phenoxy) is 1. The molecule has 1 atom stereocenters. The number of aryl methyl sites for hydroxylation is 2. The van der Waals surface area contributed by atoms with Crippen LogP contribution in [0.3, 0.4) is 0 Å². The molecule has 138 valence electrons. The van der Waals surface area contributed by atoms with Crippen molar-refractivity contribution in [1.82, 2.24) is 5.32 Å². The van der Waals surface area contributed by atoms with Crippen LogP contribution < -0.4 is 10.9 Å². The molecule has 1 saturated heterocycles. The SMILES string of the molecule is Cc1cc(C2CCOC2)oc(=O)c1C(=O)NCc1csc2c1CCCC2. The first-order valence-electron chi connectivity index (χ1n) is 9.22. The summed E-state index contributed by atoms with van der Waals surface area (Å²) in [7, 11) is 0. The van der Waals surface area contributed by atoms with Gasteiger partial charge in [0.1, 0.15) is 11.3 Å². The third-order valence-electron chi connectivity index (χ3n) is 5.31. The van der Waals surface area contributed by atoms with Crippen molar-refractivity contribution < 1.29 is 13.9 Å². The van der Waals surface area contributed by atoms with Crippen molar-refractivity contribution in [2.45, 2.75) is 51.5 Å². The highest BCUT2D eigenvalue weighted by Crippen LogP contribution is 2.30. The van der Waals surface area contributed by atoms with Gasteiger partial charge < -0.3 is 14.5 Å². The van der Waals surface area contributed by atoms with Crippen LogP contribution in [0, 0.1) is 6.92 Å². The highest BCUT2D eigenvalue weighted by Gasteiger charge is 2.24. The standard InChI is InChI=1S/C20H23NO4S/c1-12-8-16(13-6-7-24-10-13)25-20(23)18(12)19(22)21-9-14-11-26-17-5-3-2-4-15(14)17/h8,11,13H,2-7,9-10H2,1H3,(H,21,22). The molecule has 1 unspecified atom stereocenters. The second kappa shape index (κ2) is 7.37. The molecular formula is C20H23NO4S. The molecule has 5 nitrogen and oxygen atoms in total. The van der Waals surface area contributed by atoms with E-state index in [2.05, 4.69) is 10.7 Å². The zero-order valence-corrected chi connectivity index (χ0v) is 15.7. The van der Waals surface area contributed by atoms with E-state index in [4.69, 9.17) is 9.15 Å². The lowest BCUT2D eigenvalue weighted by molar-refractivity contribution is 0.0945. The summed E-state index contributed by atoms with van der Waals surface area (Å²) >= 11 is 1.78. The minimum atomic E-state index is -0.559. The van der Waals surface area contributed by atoms with E-state index in [-0.39, 0.29) is 17.4 Å². The Labute approximate surface area is 156 Å². The maximum atomic E-state index is 12.6. The van der Waals surface area contributed by atoms with Crippen LogP contribution >= 0.6 is 11.3 Å². The van der Waals surface area contributed by atoms with Gasteiger partial charge in [-0.15, -0.1) is 11.3 Å². The number of amides is 1. The van der Waals surface area contributed by atoms with Gasteiger partial charge in [-0.3, -0.25) is 4.79 Å². The van der Waals surface area contributed by atoms with Crippen molar-refractivity contribution in [3.8, 4) is 0 Å². The molecular weight excluding hydrogens is 350 g/mol. The first-order chi connectivity index (χ1) is 12.6. The van der Waals surface area contributed by atoms with Gasteiger partial charge in [0.15, 0.2) is 0 Å². The highest BCUT2D eigenvalue weighted by molar-refractivity contribution is 7.10. The summed E-state index contributed by atoms with van der Waals surface area (Å²) in [6, 6.07) is 1.81. The van der Waals surface area contributed by atoms with Crippen molar-refractivity contribution in [2.75, 3.05) is 13.2 Å². The van der Waals surface area contributed by atoms with Crippen LogP contribution in [0.25, 0.3) is 0 Å². The maximum Gasteiger partial charge on any atom is 0.349 e. The molecule has 3 heterocycles. The Balaban J connectivity index is 1.49. The fraction of sp³-hybridized carbons (Fsp3) is 0.500. The van der Waals surface area contributed by atoms with Crippen molar-refractivity contribution in [3.63, 3.8) is 0 Å². The Kier molecular flexibility index (Phi) is 4.96. The van der Waals surface area contributed by atoms with E-state index in [0.717, 1.165) is 19.3 Å². The second-order valence-electron chi connectivity index (χ2n) is 7.11. The normalized spacial score (nSPS) is 19.3. The molecule has 1 aliphatic heterocycles. The number of carbonyl (C=O) groups excluding carboxylic acids is 1. The van der Waals surface area contributed by atoms with Gasteiger partial charge in [-0.1, -0.05) is 0 Å². The molecule has 1 N–H and O–H groups in total. The monoisotopic (exact) mass is 373 g/mol. The summed E-state index contributed by atoms with van der Waals surface area (Å²) in [6.45, 7) is 3.50. The zero-order valence-electron chi connectivity index (χ0n) is 14.9. The average Bonchev–Trinajstić information content (AvgIpc) is 3.29. The predicted molar refractivity (Wildman–Crippen MR) is 100 cm³/mol. The molecule has 0 radical (unpaired) electrons. The number of nitrogens with one attached hydrogen (secondary N) is 1. The molecule has 4 rings (SSSR count). The van der Waals surface area contributed by atoms with Crippen molar-refractivity contribution in [1.29, 1.82) is 0 Å². The molecule has 2 aromatic rings. The van der Waals surface area contributed by atoms with Crippen LogP contribution in [0.15, 0.2) is 20.7 Å². The van der Waals surface area contributed by atoms with E-state index >= 15 is 0 Å². The van der Waals surface area contributed by atoms with Crippen molar-refractivity contribution in [2.24, 2.45) is 0 Å². The number of hydrogen-bond donors (Lipinski definition) is 1. The van der Waals surface area contributed by atoms with Gasteiger partial charge in [0, 0.05) is 23.9 Å². The highest BCUT2D eigenvalue weighted by atomic mass is 32.1. The second-order valence-corrected chi connectivity index (χ2v) is 8.07. The van der Waals surface area contributed by atoms with E-state index in [1.54, 1.807) is 18.3 Å². The maximum absolute atomic E-state index is 12.6. The molecule has 2 aliphatic rings. The van der Waals surface area contributed by atoms with Gasteiger partial charge in [-0.25, -0.2) is 4.79 Å². The Morgan fingerprint density at radius 1 is 1.35 bits per heavy atom. The van der Waals surface area contributed by atoms with Crippen LogP contribution in [0.1, 0.15) is 62.9 Å². The molecule has 1 amide bonds. The third kappa shape index (κ3) is 3.35. The van der Waals surface area contributed by atoms with E-state index in [9.17, 15) is 9.59 Å². The van der Waals surface area contributed by atoms with Gasteiger partial charge in [0.2, 0.25) is 0 Å². The molecule has 0 bridgehead atoms. The minimum Gasteiger partial charge on any atom is -0.427 e. The van der Waals surface area contributed by atoms with Gasteiger partial charge >= 0.3 is 5.63 Å². The minimum absolute atomic E-state index is 0.107. The molecule has 6 heteroatoms. The third-order valence-corrected chi connectivity index (χ3v) is 6.45. The molecule has 26 heavy (non-hydrogen) atoms. The topological polar surface area (TPSA) is 68.5 Å². The van der Waals surface area contributed by atoms with Crippen LogP contribution in [0.4, 0.5) is 0 Å². The number of thiophene rings is 1. The van der Waals surface area contributed by atoms with Crippen LogP contribution in [-0.2, 0) is 24.1 Å². The summed E-state index contributed by atoms with van der Waals surface area (Å²) in [6.07, 6.45) is 5.53. The number of fused-ring (bicyclic) bond motifs is 1. The summed E-state index contributed by atoms with van der Waals surface area (Å²) in [5.74, 6) is 0.366. The van der Waals surface area contributed by atoms with Crippen LogP contribution in [-0.4, -0.2) is 19.1 Å². The van der Waals surface area contributed by atoms with Crippen LogP contribution in [0.2, 0.25) is 0 Å². The van der Waals surface area contributed by atoms with Gasteiger partial charge in [0.25, 0.3) is 5.91 Å². The van der Waals surface area contributed by atoms with E-state index in [1.165, 1.54) is 28.8 Å². The summed E-state index contributed by atoms with van der Waals surface area (Å²) in [4.78, 5) is 26.4. The summed E-state index contributed by atoms with van der Waals surface area (Å²) in [5.41, 5.74) is 2.78. The summed E-state index contributed by atoms with van der Waals surface area (Å²) in [5, 5.41) is 5.04. The smallest absolute Gasteiger partial charge is 0.349 e. The number of hydrogen-bond acceptors (Lipinski definition) is 5. The largest absolute Gasteiger partial charge is 0.427 e. The van der Waals surface area contributed by atoms with Gasteiger partial charge in [0.05, 0.1) is 6.61 Å². The first-order valence-corrected chi connectivity index (χ1v) is 10.1. The first kappa shape index (κ1) is 17.5. The zero-order chi connectivity index (χ0) is 18.1. The molecule has 0 saturated carbocycles. The molecule has 1 aliphatic carbocycles. The Bertz CT molecular complexity index is 876. The number of rotatable bonds is 4. The predicted octanol–water partition coefficient (Wildman–Crippen LogP) is 3.32. The summed E-state index contributed by atoms with van der Waals surface area (Å²) < 4.78 is 10.8. The van der Waals surface area contributed by atoms with E-state index in [0.29, 0.717) is 31.1 Å². The fourth-order valence-corrected chi connectivity index (χ4v) is 4.99. The molecule has 2 aromatic heterocycles. The molecule has 1 fully saturated rings. The lowest BCUT2D eigenvalue weighted by atomic mass is 9.96.